The van der Waals surface area contributed by atoms with E-state index in [9.17, 15) is 18.3 Å². The Hall–Kier alpha value is -2.64. The number of fused-ring (bicyclic) bond motifs is 2. The summed E-state index contributed by atoms with van der Waals surface area (Å²) in [5.74, 6) is -0.349. The van der Waals surface area contributed by atoms with Gasteiger partial charge in [0, 0.05) is 17.0 Å². The average Bonchev–Trinajstić information content (AvgIpc) is 2.67. The van der Waals surface area contributed by atoms with Crippen LogP contribution >= 0.6 is 11.6 Å². The summed E-state index contributed by atoms with van der Waals surface area (Å²) in [4.78, 5) is 17.9. The minimum absolute atomic E-state index is 0.0244. The molecule has 0 aliphatic carbocycles. The van der Waals surface area contributed by atoms with Gasteiger partial charge in [0.15, 0.2) is 9.84 Å². The van der Waals surface area contributed by atoms with Gasteiger partial charge in [0.1, 0.15) is 11.3 Å². The predicted octanol–water partition coefficient (Wildman–Crippen LogP) is 4.31. The smallest absolute Gasteiger partial charge is 0.263 e. The van der Waals surface area contributed by atoms with Crippen molar-refractivity contribution in [3.8, 4) is 5.75 Å². The van der Waals surface area contributed by atoms with E-state index in [1.165, 1.54) is 18.2 Å². The Morgan fingerprint density at radius 2 is 1.93 bits per heavy atom. The summed E-state index contributed by atoms with van der Waals surface area (Å²) in [6.45, 7) is 4.58. The third-order valence-electron chi connectivity index (χ3n) is 5.20. The number of aromatic nitrogens is 1. The molecule has 2 aromatic carbocycles. The minimum atomic E-state index is -3.73. The Labute approximate surface area is 179 Å². The van der Waals surface area contributed by atoms with Crippen molar-refractivity contribution < 1.29 is 13.5 Å². The first-order valence-electron chi connectivity index (χ1n) is 9.64. The Morgan fingerprint density at radius 3 is 2.67 bits per heavy atom. The summed E-state index contributed by atoms with van der Waals surface area (Å²) in [5.41, 5.74) is 0.269. The highest BCUT2D eigenvalue weighted by Gasteiger charge is 2.31. The number of nitrogens with zero attached hydrogens (tertiary/aromatic N) is 2. The third kappa shape index (κ3) is 3.52. The summed E-state index contributed by atoms with van der Waals surface area (Å²) in [6, 6.07) is 11.4. The molecule has 0 fully saturated rings. The highest BCUT2D eigenvalue weighted by Crippen LogP contribution is 2.35. The number of aliphatic imine (C=N–C) groups is 1. The third-order valence-corrected chi connectivity index (χ3v) is 7.11. The minimum Gasteiger partial charge on any atom is -0.506 e. The molecule has 0 unspecified atom stereocenters. The lowest BCUT2D eigenvalue weighted by molar-refractivity contribution is 0.474. The zero-order valence-corrected chi connectivity index (χ0v) is 18.2. The van der Waals surface area contributed by atoms with E-state index < -0.39 is 21.1 Å². The number of sulfone groups is 1. The van der Waals surface area contributed by atoms with Gasteiger partial charge in [-0.1, -0.05) is 37.6 Å². The molecule has 3 aromatic rings. The van der Waals surface area contributed by atoms with Crippen LogP contribution in [0.15, 0.2) is 57.1 Å². The average molecular weight is 445 g/mol. The normalized spacial score (nSPS) is 15.3. The summed E-state index contributed by atoms with van der Waals surface area (Å²) in [6.07, 6.45) is 0.761. The number of aryl methyl sites for hydroxylation is 1. The fourth-order valence-electron chi connectivity index (χ4n) is 3.66. The number of rotatable bonds is 4. The van der Waals surface area contributed by atoms with Crippen LogP contribution in [0.25, 0.3) is 10.9 Å². The molecular weight excluding hydrogens is 424 g/mol. The van der Waals surface area contributed by atoms with Crippen molar-refractivity contribution in [3.63, 3.8) is 0 Å². The van der Waals surface area contributed by atoms with Crippen LogP contribution in [-0.4, -0.2) is 29.6 Å². The van der Waals surface area contributed by atoms with Gasteiger partial charge in [0.25, 0.3) is 5.56 Å². The quantitative estimate of drug-likeness (QED) is 0.649. The number of pyridine rings is 1. The number of hydrogen-bond donors (Lipinski definition) is 1. The van der Waals surface area contributed by atoms with Crippen LogP contribution in [0.2, 0.25) is 5.02 Å². The Bertz CT molecular complexity index is 1360. The van der Waals surface area contributed by atoms with Crippen molar-refractivity contribution in [3.05, 3.63) is 63.4 Å². The molecular formula is C22H21ClN2O4S. The molecule has 8 heteroatoms. The van der Waals surface area contributed by atoms with Gasteiger partial charge in [-0.05, 0) is 42.7 Å². The molecule has 0 atom stereocenters. The van der Waals surface area contributed by atoms with Crippen LogP contribution in [0.1, 0.15) is 25.8 Å². The standard InChI is InChI=1S/C22H21ClN2O4S/c1-13(2)9-10-25-18-6-4-3-5-15(18)21(26)20(22(25)27)17-12-30(28,29)19-8-7-14(23)11-16(19)24-17/h3-8,11,13,26H,9-10,12H2,1-2H3. The van der Waals surface area contributed by atoms with E-state index in [0.29, 0.717) is 28.4 Å². The summed E-state index contributed by atoms with van der Waals surface area (Å²) < 4.78 is 27.3. The zero-order chi connectivity index (χ0) is 21.6. The molecule has 1 aliphatic heterocycles. The second kappa shape index (κ2) is 7.56. The van der Waals surface area contributed by atoms with E-state index in [0.717, 1.165) is 6.42 Å². The first-order chi connectivity index (χ1) is 14.2. The molecule has 4 rings (SSSR count). The van der Waals surface area contributed by atoms with Gasteiger partial charge in [-0.15, -0.1) is 0 Å². The van der Waals surface area contributed by atoms with Gasteiger partial charge in [-0.3, -0.25) is 4.79 Å². The van der Waals surface area contributed by atoms with Crippen LogP contribution in [0.5, 0.6) is 5.75 Å². The van der Waals surface area contributed by atoms with Crippen molar-refractivity contribution in [2.75, 3.05) is 5.75 Å². The Balaban J connectivity index is 2.01. The first kappa shape index (κ1) is 20.6. The predicted molar refractivity (Wildman–Crippen MR) is 119 cm³/mol. The Morgan fingerprint density at radius 1 is 1.20 bits per heavy atom. The van der Waals surface area contributed by atoms with Crippen molar-refractivity contribution in [1.29, 1.82) is 0 Å². The number of halogens is 1. The molecule has 0 spiro atoms. The largest absolute Gasteiger partial charge is 0.506 e. The highest BCUT2D eigenvalue weighted by molar-refractivity contribution is 7.92. The topological polar surface area (TPSA) is 88.7 Å². The highest BCUT2D eigenvalue weighted by atomic mass is 35.5. The number of para-hydroxylation sites is 1. The van der Waals surface area contributed by atoms with Gasteiger partial charge in [-0.2, -0.15) is 0 Å². The molecule has 2 heterocycles. The zero-order valence-electron chi connectivity index (χ0n) is 16.6. The number of aromatic hydroxyl groups is 1. The van der Waals surface area contributed by atoms with E-state index in [-0.39, 0.29) is 27.6 Å². The Kier molecular flexibility index (Phi) is 5.20. The van der Waals surface area contributed by atoms with Crippen LogP contribution < -0.4 is 5.56 Å². The fourth-order valence-corrected chi connectivity index (χ4v) is 5.25. The van der Waals surface area contributed by atoms with Gasteiger partial charge >= 0.3 is 0 Å². The SMILES string of the molecule is CC(C)CCn1c(=O)c(C2=Nc3cc(Cl)ccc3S(=O)(=O)C2)c(O)c2ccccc21. The molecule has 1 N–H and O–H groups in total. The van der Waals surface area contributed by atoms with E-state index in [1.807, 2.05) is 0 Å². The summed E-state index contributed by atoms with van der Waals surface area (Å²) >= 11 is 6.02. The lowest BCUT2D eigenvalue weighted by atomic mass is 10.1. The monoisotopic (exact) mass is 444 g/mol. The van der Waals surface area contributed by atoms with E-state index >= 15 is 0 Å². The lowest BCUT2D eigenvalue weighted by Gasteiger charge is -2.20. The summed E-state index contributed by atoms with van der Waals surface area (Å²) in [5, 5.41) is 11.8. The van der Waals surface area contributed by atoms with Crippen LogP contribution in [0, 0.1) is 5.92 Å². The molecule has 1 aliphatic rings. The molecule has 0 amide bonds. The maximum atomic E-state index is 13.4. The second-order valence-corrected chi connectivity index (χ2v) is 10.2. The maximum Gasteiger partial charge on any atom is 0.263 e. The van der Waals surface area contributed by atoms with Crippen molar-refractivity contribution in [2.45, 2.75) is 31.7 Å². The molecule has 156 valence electrons. The van der Waals surface area contributed by atoms with E-state index in [2.05, 4.69) is 18.8 Å². The molecule has 1 aromatic heterocycles. The van der Waals surface area contributed by atoms with Gasteiger partial charge in [0.05, 0.1) is 27.6 Å². The maximum absolute atomic E-state index is 13.4. The number of hydrogen-bond acceptors (Lipinski definition) is 5. The van der Waals surface area contributed by atoms with E-state index in [4.69, 9.17) is 11.6 Å². The van der Waals surface area contributed by atoms with E-state index in [1.54, 1.807) is 28.8 Å². The molecule has 30 heavy (non-hydrogen) atoms. The fraction of sp³-hybridized carbons (Fsp3) is 0.273. The number of benzene rings is 2. The molecule has 0 saturated heterocycles. The molecule has 0 saturated carbocycles. The van der Waals surface area contributed by atoms with Gasteiger partial charge < -0.3 is 9.67 Å². The lowest BCUT2D eigenvalue weighted by Crippen LogP contribution is -2.31. The van der Waals surface area contributed by atoms with Crippen molar-refractivity contribution in [1.82, 2.24) is 4.57 Å². The molecule has 6 nitrogen and oxygen atoms in total. The van der Waals surface area contributed by atoms with Crippen molar-refractivity contribution in [2.24, 2.45) is 10.9 Å². The summed E-state index contributed by atoms with van der Waals surface area (Å²) in [7, 11) is -3.73. The molecule has 0 radical (unpaired) electrons. The second-order valence-electron chi connectivity index (χ2n) is 7.81. The van der Waals surface area contributed by atoms with Gasteiger partial charge in [0.2, 0.25) is 0 Å². The van der Waals surface area contributed by atoms with Crippen molar-refractivity contribution >= 4 is 43.7 Å². The molecule has 0 bridgehead atoms. The first-order valence-corrected chi connectivity index (χ1v) is 11.7. The van der Waals surface area contributed by atoms with Gasteiger partial charge in [-0.25, -0.2) is 13.4 Å². The van der Waals surface area contributed by atoms with Crippen LogP contribution in [0.4, 0.5) is 5.69 Å². The van der Waals surface area contributed by atoms with Crippen LogP contribution in [-0.2, 0) is 16.4 Å². The van der Waals surface area contributed by atoms with Crippen LogP contribution in [0.3, 0.4) is 0 Å².